The lowest BCUT2D eigenvalue weighted by Gasteiger charge is -2.26. The number of nitrogens with zero attached hydrogens (tertiary/aromatic N) is 1. The van der Waals surface area contributed by atoms with Gasteiger partial charge in [0.2, 0.25) is 0 Å². The van der Waals surface area contributed by atoms with Crippen molar-refractivity contribution in [2.24, 2.45) is 0 Å². The molecule has 6 nitrogen and oxygen atoms in total. The maximum Gasteiger partial charge on any atom is 0.335 e. The van der Waals surface area contributed by atoms with Crippen LogP contribution in [0.1, 0.15) is 17.1 Å². The van der Waals surface area contributed by atoms with Crippen molar-refractivity contribution in [3.8, 4) is 0 Å². The van der Waals surface area contributed by atoms with Crippen LogP contribution in [-0.4, -0.2) is 17.8 Å². The van der Waals surface area contributed by atoms with Crippen molar-refractivity contribution in [1.82, 2.24) is 5.32 Å². The summed E-state index contributed by atoms with van der Waals surface area (Å²) in [5, 5.41) is 2.17. The van der Waals surface area contributed by atoms with Gasteiger partial charge in [0.15, 0.2) is 0 Å². The van der Waals surface area contributed by atoms with Gasteiger partial charge < -0.3 is 4.42 Å². The zero-order valence-corrected chi connectivity index (χ0v) is 12.6. The number of benzene rings is 1. The second-order valence-electron chi connectivity index (χ2n) is 5.24. The standard InChI is InChI=1S/C17H14N2O4/c1-10-3-6-12(7-4-10)19-16(21)14(15(20)18-17(19)22)9-13-8-5-11(2)23-13/h3-9H,1-2H3,(H,18,20,22)/b14-9+. The molecule has 6 heteroatoms. The summed E-state index contributed by atoms with van der Waals surface area (Å²) in [5.74, 6) is -0.389. The number of barbiturate groups is 1. The van der Waals surface area contributed by atoms with Crippen LogP contribution in [0.2, 0.25) is 0 Å². The first kappa shape index (κ1) is 14.8. The van der Waals surface area contributed by atoms with E-state index in [1.165, 1.54) is 6.08 Å². The Balaban J connectivity index is 2.00. The van der Waals surface area contributed by atoms with Crippen molar-refractivity contribution in [3.63, 3.8) is 0 Å². The van der Waals surface area contributed by atoms with E-state index < -0.39 is 17.8 Å². The average molecular weight is 310 g/mol. The van der Waals surface area contributed by atoms with Crippen molar-refractivity contribution in [3.05, 3.63) is 59.1 Å². The Morgan fingerprint density at radius 1 is 1.00 bits per heavy atom. The molecule has 0 aliphatic carbocycles. The van der Waals surface area contributed by atoms with Crippen LogP contribution in [0, 0.1) is 13.8 Å². The minimum atomic E-state index is -0.767. The van der Waals surface area contributed by atoms with Gasteiger partial charge in [0.05, 0.1) is 5.69 Å². The van der Waals surface area contributed by atoms with Crippen LogP contribution >= 0.6 is 0 Å². The van der Waals surface area contributed by atoms with Gasteiger partial charge in [0, 0.05) is 0 Å². The van der Waals surface area contributed by atoms with Crippen molar-refractivity contribution in [1.29, 1.82) is 0 Å². The monoisotopic (exact) mass is 310 g/mol. The fourth-order valence-electron chi connectivity index (χ4n) is 2.26. The van der Waals surface area contributed by atoms with Gasteiger partial charge in [-0.15, -0.1) is 0 Å². The fraction of sp³-hybridized carbons (Fsp3) is 0.118. The van der Waals surface area contributed by atoms with Gasteiger partial charge in [-0.2, -0.15) is 0 Å². The quantitative estimate of drug-likeness (QED) is 0.683. The molecule has 4 amide bonds. The predicted octanol–water partition coefficient (Wildman–Crippen LogP) is 2.56. The number of imide groups is 2. The minimum absolute atomic E-state index is 0.153. The molecule has 1 aromatic carbocycles. The average Bonchev–Trinajstić information content (AvgIpc) is 2.91. The molecule has 1 aliphatic rings. The molecule has 0 atom stereocenters. The van der Waals surface area contributed by atoms with Crippen LogP contribution in [-0.2, 0) is 9.59 Å². The van der Waals surface area contributed by atoms with Gasteiger partial charge >= 0.3 is 6.03 Å². The van der Waals surface area contributed by atoms with E-state index >= 15 is 0 Å². The van der Waals surface area contributed by atoms with E-state index in [1.54, 1.807) is 43.3 Å². The minimum Gasteiger partial charge on any atom is -0.462 e. The Morgan fingerprint density at radius 3 is 2.30 bits per heavy atom. The summed E-state index contributed by atoms with van der Waals surface area (Å²) < 4.78 is 5.35. The van der Waals surface area contributed by atoms with E-state index in [1.807, 2.05) is 6.92 Å². The summed E-state index contributed by atoms with van der Waals surface area (Å²) in [5.41, 5.74) is 1.24. The van der Waals surface area contributed by atoms with Gasteiger partial charge in [0.1, 0.15) is 17.1 Å². The summed E-state index contributed by atoms with van der Waals surface area (Å²) in [6.07, 6.45) is 1.33. The lowest BCUT2D eigenvalue weighted by Crippen LogP contribution is -2.54. The molecular formula is C17H14N2O4. The molecule has 0 radical (unpaired) electrons. The molecule has 116 valence electrons. The van der Waals surface area contributed by atoms with E-state index in [4.69, 9.17) is 4.42 Å². The Bertz CT molecular complexity index is 831. The number of nitrogens with one attached hydrogen (secondary N) is 1. The normalized spacial score (nSPS) is 16.9. The lowest BCUT2D eigenvalue weighted by molar-refractivity contribution is -0.122. The zero-order valence-electron chi connectivity index (χ0n) is 12.6. The summed E-state index contributed by atoms with van der Waals surface area (Å²) in [6, 6.07) is 9.47. The maximum atomic E-state index is 12.6. The molecule has 0 saturated carbocycles. The van der Waals surface area contributed by atoms with Gasteiger partial charge in [-0.05, 0) is 44.2 Å². The van der Waals surface area contributed by atoms with E-state index in [-0.39, 0.29) is 5.57 Å². The molecule has 1 aromatic heterocycles. The molecule has 0 spiro atoms. The Hall–Kier alpha value is -3.15. The van der Waals surface area contributed by atoms with Crippen molar-refractivity contribution >= 4 is 29.6 Å². The Kier molecular flexibility index (Phi) is 3.57. The highest BCUT2D eigenvalue weighted by molar-refractivity contribution is 6.39. The number of hydrogen-bond donors (Lipinski definition) is 1. The fourth-order valence-corrected chi connectivity index (χ4v) is 2.26. The first-order valence-electron chi connectivity index (χ1n) is 7.00. The highest BCUT2D eigenvalue weighted by atomic mass is 16.3. The second kappa shape index (κ2) is 5.57. The highest BCUT2D eigenvalue weighted by Gasteiger charge is 2.36. The smallest absolute Gasteiger partial charge is 0.335 e. The SMILES string of the molecule is Cc1ccc(N2C(=O)NC(=O)/C(=C\c3ccc(C)o3)C2=O)cc1. The molecule has 23 heavy (non-hydrogen) atoms. The van der Waals surface area contributed by atoms with Gasteiger partial charge in [-0.1, -0.05) is 17.7 Å². The number of furan rings is 1. The van der Waals surface area contributed by atoms with Crippen LogP contribution in [0.25, 0.3) is 6.08 Å². The number of hydrogen-bond acceptors (Lipinski definition) is 4. The molecule has 3 rings (SSSR count). The molecule has 1 aliphatic heterocycles. The summed E-state index contributed by atoms with van der Waals surface area (Å²) in [4.78, 5) is 37.5. The van der Waals surface area contributed by atoms with Crippen LogP contribution < -0.4 is 10.2 Å². The molecule has 0 unspecified atom stereocenters. The Labute approximate surface area is 132 Å². The topological polar surface area (TPSA) is 79.6 Å². The Morgan fingerprint density at radius 2 is 1.70 bits per heavy atom. The van der Waals surface area contributed by atoms with E-state index in [9.17, 15) is 14.4 Å². The number of carbonyl (C=O) groups is 3. The third kappa shape index (κ3) is 2.78. The predicted molar refractivity (Wildman–Crippen MR) is 83.6 cm³/mol. The first-order chi connectivity index (χ1) is 11.0. The molecule has 0 bridgehead atoms. The summed E-state index contributed by atoms with van der Waals surface area (Å²) in [6.45, 7) is 3.66. The van der Waals surface area contributed by atoms with Gasteiger partial charge in [-0.25, -0.2) is 9.69 Å². The zero-order chi connectivity index (χ0) is 16.6. The number of urea groups is 1. The van der Waals surface area contributed by atoms with Crippen molar-refractivity contribution in [2.45, 2.75) is 13.8 Å². The molecular weight excluding hydrogens is 296 g/mol. The number of carbonyl (C=O) groups excluding carboxylic acids is 3. The molecule has 1 saturated heterocycles. The van der Waals surface area contributed by atoms with Crippen molar-refractivity contribution in [2.75, 3.05) is 4.90 Å². The van der Waals surface area contributed by atoms with Crippen LogP contribution in [0.3, 0.4) is 0 Å². The van der Waals surface area contributed by atoms with Crippen LogP contribution in [0.4, 0.5) is 10.5 Å². The van der Waals surface area contributed by atoms with Gasteiger partial charge in [-0.3, -0.25) is 14.9 Å². The van der Waals surface area contributed by atoms with Crippen LogP contribution in [0.15, 0.2) is 46.4 Å². The van der Waals surface area contributed by atoms with Crippen molar-refractivity contribution < 1.29 is 18.8 Å². The van der Waals surface area contributed by atoms with E-state index in [2.05, 4.69) is 5.32 Å². The number of amides is 4. The number of aryl methyl sites for hydroxylation is 2. The molecule has 2 aromatic rings. The number of anilines is 1. The molecule has 2 heterocycles. The third-order valence-corrected chi connectivity index (χ3v) is 3.44. The number of rotatable bonds is 2. The largest absolute Gasteiger partial charge is 0.462 e. The molecule has 1 fully saturated rings. The lowest BCUT2D eigenvalue weighted by atomic mass is 10.1. The van der Waals surface area contributed by atoms with Crippen LogP contribution in [0.5, 0.6) is 0 Å². The summed E-state index contributed by atoms with van der Waals surface area (Å²) >= 11 is 0. The van der Waals surface area contributed by atoms with E-state index in [0.717, 1.165) is 10.5 Å². The second-order valence-corrected chi connectivity index (χ2v) is 5.24. The van der Waals surface area contributed by atoms with E-state index in [0.29, 0.717) is 17.2 Å². The third-order valence-electron chi connectivity index (χ3n) is 3.44. The van der Waals surface area contributed by atoms with Gasteiger partial charge in [0.25, 0.3) is 11.8 Å². The maximum absolute atomic E-state index is 12.6. The summed E-state index contributed by atoms with van der Waals surface area (Å²) in [7, 11) is 0. The first-order valence-corrected chi connectivity index (χ1v) is 7.00. The molecule has 1 N–H and O–H groups in total. The highest BCUT2D eigenvalue weighted by Crippen LogP contribution is 2.22.